The highest BCUT2D eigenvalue weighted by atomic mass is 16.2. The van der Waals surface area contributed by atoms with Gasteiger partial charge < -0.3 is 20.9 Å². The van der Waals surface area contributed by atoms with Crippen LogP contribution in [0.15, 0.2) is 0 Å². The smallest absolute Gasteiger partial charge is 0.324 e. The molecule has 0 aliphatic heterocycles. The topological polar surface area (TPSA) is 76.7 Å². The van der Waals surface area contributed by atoms with Gasteiger partial charge in [-0.1, -0.05) is 20.8 Å². The molecule has 0 bridgehead atoms. The van der Waals surface area contributed by atoms with Gasteiger partial charge in [-0.3, -0.25) is 9.69 Å². The summed E-state index contributed by atoms with van der Waals surface area (Å²) < 4.78 is 0. The van der Waals surface area contributed by atoms with E-state index in [1.807, 2.05) is 28.1 Å². The first kappa shape index (κ1) is 31.7. The van der Waals surface area contributed by atoms with Crippen LogP contribution in [0, 0.1) is 46.3 Å². The zero-order valence-corrected chi connectivity index (χ0v) is 26.9. The first-order chi connectivity index (χ1) is 19.1. The lowest BCUT2D eigenvalue weighted by atomic mass is 9.44. The summed E-state index contributed by atoms with van der Waals surface area (Å²) in [6.45, 7) is 13.3. The Kier molecular flexibility index (Phi) is 10.6. The van der Waals surface area contributed by atoms with Gasteiger partial charge in [0.25, 0.3) is 0 Å². The van der Waals surface area contributed by atoms with Crippen LogP contribution in [0.3, 0.4) is 0 Å². The van der Waals surface area contributed by atoms with Crippen LogP contribution < -0.4 is 16.0 Å². The number of rotatable bonds is 11. The van der Waals surface area contributed by atoms with Gasteiger partial charge in [-0.15, -0.1) is 0 Å². The fourth-order valence-corrected chi connectivity index (χ4v) is 10.2. The zero-order chi connectivity index (χ0) is 29.1. The van der Waals surface area contributed by atoms with Gasteiger partial charge in [0.15, 0.2) is 0 Å². The van der Waals surface area contributed by atoms with Gasteiger partial charge in [-0.2, -0.15) is 0 Å². The maximum Gasteiger partial charge on any atom is 0.324 e. The molecule has 4 aliphatic rings. The standard InChI is InChI=1S/C33H61N5O2/c1-8-38(31(40)36-18-9-21-37(6)7)30(39)23(2)27-12-13-28-26-11-10-24-22-25(35-20-19-34-5)14-16-32(24,3)29(26)15-17-33(27,28)4/h23-29,34-35H,8-22H2,1-7H3,(H,36,40)/t23?,24-,25?,26?,27?,28?,29?,32-,33+/m0/s1. The number of likely N-dealkylation sites (N-methyl/N-ethyl adjacent to an activating group) is 1. The molecule has 4 fully saturated rings. The number of hydrogen-bond donors (Lipinski definition) is 3. The molecule has 0 radical (unpaired) electrons. The van der Waals surface area contributed by atoms with Crippen molar-refractivity contribution >= 4 is 11.9 Å². The number of imide groups is 1. The minimum Gasteiger partial charge on any atom is -0.338 e. The lowest BCUT2D eigenvalue weighted by molar-refractivity contribution is -0.140. The summed E-state index contributed by atoms with van der Waals surface area (Å²) in [5, 5.41) is 10.1. The second-order valence-corrected chi connectivity index (χ2v) is 14.7. The van der Waals surface area contributed by atoms with Crippen molar-refractivity contribution in [3.63, 3.8) is 0 Å². The summed E-state index contributed by atoms with van der Waals surface area (Å²) >= 11 is 0. The molecule has 0 spiro atoms. The number of hydrogen-bond acceptors (Lipinski definition) is 5. The quantitative estimate of drug-likeness (QED) is 0.312. The number of amides is 3. The molecule has 40 heavy (non-hydrogen) atoms. The van der Waals surface area contributed by atoms with Crippen molar-refractivity contribution in [1.29, 1.82) is 0 Å². The molecule has 3 amide bonds. The lowest BCUT2D eigenvalue weighted by Crippen LogP contribution is -2.56. The molecule has 9 atom stereocenters. The molecular formula is C33H61N5O2. The van der Waals surface area contributed by atoms with Crippen molar-refractivity contribution in [2.24, 2.45) is 46.3 Å². The van der Waals surface area contributed by atoms with Crippen LogP contribution in [0.2, 0.25) is 0 Å². The Bertz CT molecular complexity index is 866. The molecule has 3 N–H and O–H groups in total. The molecular weight excluding hydrogens is 498 g/mol. The fraction of sp³-hybridized carbons (Fsp3) is 0.939. The molecule has 0 aromatic heterocycles. The first-order valence-corrected chi connectivity index (χ1v) is 16.7. The van der Waals surface area contributed by atoms with E-state index in [2.05, 4.69) is 41.6 Å². The fourth-order valence-electron chi connectivity index (χ4n) is 10.2. The second kappa shape index (κ2) is 13.4. The van der Waals surface area contributed by atoms with Crippen LogP contribution >= 0.6 is 0 Å². The van der Waals surface area contributed by atoms with Crippen LogP contribution in [0.4, 0.5) is 4.79 Å². The van der Waals surface area contributed by atoms with E-state index in [1.165, 1.54) is 56.3 Å². The minimum absolute atomic E-state index is 0.0290. The molecule has 0 aromatic carbocycles. The Morgan fingerprint density at radius 1 is 0.925 bits per heavy atom. The summed E-state index contributed by atoms with van der Waals surface area (Å²) in [7, 11) is 6.11. The lowest BCUT2D eigenvalue weighted by Gasteiger charge is -2.61. The van der Waals surface area contributed by atoms with Crippen molar-refractivity contribution in [3.05, 3.63) is 0 Å². The summed E-state index contributed by atoms with van der Waals surface area (Å²) in [6, 6.07) is 0.468. The SMILES string of the molecule is CCN(C(=O)NCCCN(C)C)C(=O)C(C)C1CCC2C3CC[C@H]4CC(NCCNC)CC[C@]4(C)C3CC[C@]12C. The Hall–Kier alpha value is -1.18. The van der Waals surface area contributed by atoms with Crippen molar-refractivity contribution in [3.8, 4) is 0 Å². The maximum atomic E-state index is 13.8. The highest BCUT2D eigenvalue weighted by Crippen LogP contribution is 2.68. The van der Waals surface area contributed by atoms with Crippen LogP contribution in [0.25, 0.3) is 0 Å². The number of urea groups is 1. The average molecular weight is 560 g/mol. The monoisotopic (exact) mass is 559 g/mol. The largest absolute Gasteiger partial charge is 0.338 e. The molecule has 0 saturated heterocycles. The van der Waals surface area contributed by atoms with Gasteiger partial charge in [-0.05, 0) is 139 Å². The summed E-state index contributed by atoms with van der Waals surface area (Å²) in [4.78, 5) is 30.3. The Morgan fingerprint density at radius 2 is 1.65 bits per heavy atom. The van der Waals surface area contributed by atoms with Crippen molar-refractivity contribution in [2.45, 2.75) is 97.9 Å². The summed E-state index contributed by atoms with van der Waals surface area (Å²) in [5.41, 5.74) is 0.696. The van der Waals surface area contributed by atoms with E-state index < -0.39 is 0 Å². The third-order valence-corrected chi connectivity index (χ3v) is 12.4. The number of nitrogens with one attached hydrogen (secondary N) is 3. The van der Waals surface area contributed by atoms with Gasteiger partial charge in [-0.25, -0.2) is 4.79 Å². The van der Waals surface area contributed by atoms with Gasteiger partial charge in [0.05, 0.1) is 0 Å². The molecule has 4 saturated carbocycles. The van der Waals surface area contributed by atoms with Gasteiger partial charge in [0.1, 0.15) is 0 Å². The molecule has 6 unspecified atom stereocenters. The first-order valence-electron chi connectivity index (χ1n) is 16.7. The molecule has 7 heteroatoms. The van der Waals surface area contributed by atoms with Crippen LogP contribution in [-0.2, 0) is 4.79 Å². The van der Waals surface area contributed by atoms with E-state index >= 15 is 0 Å². The Labute approximate surface area is 245 Å². The molecule has 4 aliphatic carbocycles. The summed E-state index contributed by atoms with van der Waals surface area (Å²) in [6.07, 6.45) is 12.6. The molecule has 4 rings (SSSR count). The van der Waals surface area contributed by atoms with E-state index in [4.69, 9.17) is 0 Å². The third kappa shape index (κ3) is 6.27. The summed E-state index contributed by atoms with van der Waals surface area (Å²) in [5.74, 6) is 3.53. The average Bonchev–Trinajstić information content (AvgIpc) is 3.28. The molecule has 0 aromatic rings. The van der Waals surface area contributed by atoms with Crippen molar-refractivity contribution in [1.82, 2.24) is 25.8 Å². The number of carbonyl (C=O) groups excluding carboxylic acids is 2. The van der Waals surface area contributed by atoms with Crippen molar-refractivity contribution in [2.75, 3.05) is 53.9 Å². The second-order valence-electron chi connectivity index (χ2n) is 14.7. The zero-order valence-electron chi connectivity index (χ0n) is 26.9. The number of carbonyl (C=O) groups is 2. The predicted molar refractivity (Wildman–Crippen MR) is 164 cm³/mol. The Balaban J connectivity index is 1.38. The van der Waals surface area contributed by atoms with Gasteiger partial charge in [0, 0.05) is 38.1 Å². The van der Waals surface area contributed by atoms with E-state index in [1.54, 1.807) is 0 Å². The van der Waals surface area contributed by atoms with E-state index in [9.17, 15) is 9.59 Å². The van der Waals surface area contributed by atoms with Gasteiger partial charge >= 0.3 is 6.03 Å². The molecule has 0 heterocycles. The number of fused-ring (bicyclic) bond motifs is 5. The molecule has 7 nitrogen and oxygen atoms in total. The maximum absolute atomic E-state index is 13.8. The van der Waals surface area contributed by atoms with Crippen LogP contribution in [0.5, 0.6) is 0 Å². The number of nitrogens with zero attached hydrogens (tertiary/aromatic N) is 2. The van der Waals surface area contributed by atoms with Crippen LogP contribution in [-0.4, -0.2) is 81.6 Å². The van der Waals surface area contributed by atoms with Crippen molar-refractivity contribution < 1.29 is 9.59 Å². The highest BCUT2D eigenvalue weighted by molar-refractivity contribution is 5.95. The minimum atomic E-state index is -0.219. The predicted octanol–water partition coefficient (Wildman–Crippen LogP) is 4.97. The van der Waals surface area contributed by atoms with E-state index in [0.29, 0.717) is 30.5 Å². The van der Waals surface area contributed by atoms with Gasteiger partial charge in [0.2, 0.25) is 5.91 Å². The normalized spacial score (nSPS) is 37.8. The van der Waals surface area contributed by atoms with Crippen LogP contribution in [0.1, 0.15) is 91.9 Å². The highest BCUT2D eigenvalue weighted by Gasteiger charge is 2.61. The molecule has 230 valence electrons. The third-order valence-electron chi connectivity index (χ3n) is 12.4. The Morgan fingerprint density at radius 3 is 2.35 bits per heavy atom. The van der Waals surface area contributed by atoms with E-state index in [-0.39, 0.29) is 23.3 Å². The van der Waals surface area contributed by atoms with E-state index in [0.717, 1.165) is 56.1 Å².